The molecule has 2 heterocycles. The number of nitrogens with zero attached hydrogens (tertiary/aromatic N) is 2. The molecule has 0 saturated heterocycles. The van der Waals surface area contributed by atoms with E-state index in [0.717, 1.165) is 29.0 Å². The molecule has 2 amide bonds. The van der Waals surface area contributed by atoms with Crippen LogP contribution in [0.2, 0.25) is 0 Å². The summed E-state index contributed by atoms with van der Waals surface area (Å²) in [7, 11) is 0. The van der Waals surface area contributed by atoms with Crippen molar-refractivity contribution in [2.24, 2.45) is 0 Å². The molecule has 0 saturated carbocycles. The first-order chi connectivity index (χ1) is 16.9. The Hall–Kier alpha value is -3.82. The van der Waals surface area contributed by atoms with Crippen LogP contribution >= 0.6 is 11.3 Å². The normalized spacial score (nSPS) is 11.9. The number of imidazole rings is 1. The molecule has 0 aliphatic heterocycles. The molecule has 0 fully saturated rings. The molecule has 2 aromatic carbocycles. The summed E-state index contributed by atoms with van der Waals surface area (Å²) in [5.74, 6) is -0.377. The second-order valence-corrected chi connectivity index (χ2v) is 9.01. The molecule has 1 unspecified atom stereocenters. The summed E-state index contributed by atoms with van der Waals surface area (Å²) < 4.78 is 15.5. The minimum absolute atomic E-state index is 0.320. The zero-order chi connectivity index (χ0) is 24.9. The molecule has 4 rings (SSSR count). The maximum Gasteiger partial charge on any atom is 0.268 e. The van der Waals surface area contributed by atoms with Gasteiger partial charge in [-0.2, -0.15) is 0 Å². The number of amides is 2. The van der Waals surface area contributed by atoms with Crippen molar-refractivity contribution in [3.8, 4) is 5.69 Å². The highest BCUT2D eigenvalue weighted by Gasteiger charge is 2.19. The molecule has 9 heteroatoms. The number of hydrogen-bond acceptors (Lipinski definition) is 5. The topological polar surface area (TPSA) is 88.1 Å². The van der Waals surface area contributed by atoms with Crippen molar-refractivity contribution in [1.29, 1.82) is 0 Å². The quantitative estimate of drug-likeness (QED) is 0.266. The number of carbonyl (C=O) groups excluding carboxylic acids is 2. The number of halogens is 1. The Morgan fingerprint density at radius 2 is 2.00 bits per heavy atom. The lowest BCUT2D eigenvalue weighted by atomic mass is 10.2. The standard InChI is InChI=1S/C26H26FN5O2S/c1-4-24(33)29-18-7-6-8-19(14-18)32-21-10-9-17(15-28-5-2)13-20(21)30-26(32)31-25(34)23-12-11-22(35-23)16(3)27/h4,6-14,16,28H,1,5,15H2,2-3H3,(H,29,33)(H,30,31,34). The fourth-order valence-corrected chi connectivity index (χ4v) is 4.45. The zero-order valence-electron chi connectivity index (χ0n) is 19.5. The van der Waals surface area contributed by atoms with Gasteiger partial charge in [0.2, 0.25) is 11.9 Å². The monoisotopic (exact) mass is 491 g/mol. The molecular weight excluding hydrogens is 465 g/mol. The van der Waals surface area contributed by atoms with E-state index in [2.05, 4.69) is 22.5 Å². The van der Waals surface area contributed by atoms with Crippen LogP contribution in [0.3, 0.4) is 0 Å². The Morgan fingerprint density at radius 3 is 2.71 bits per heavy atom. The van der Waals surface area contributed by atoms with Crippen molar-refractivity contribution >= 4 is 45.8 Å². The number of fused-ring (bicyclic) bond motifs is 1. The van der Waals surface area contributed by atoms with Gasteiger partial charge in [-0.1, -0.05) is 25.6 Å². The maximum absolute atomic E-state index is 13.7. The number of benzene rings is 2. The minimum Gasteiger partial charge on any atom is -0.322 e. The molecule has 0 radical (unpaired) electrons. The van der Waals surface area contributed by atoms with E-state index < -0.39 is 6.17 Å². The summed E-state index contributed by atoms with van der Waals surface area (Å²) in [5.41, 5.74) is 3.84. The van der Waals surface area contributed by atoms with E-state index in [0.29, 0.717) is 39.1 Å². The highest BCUT2D eigenvalue weighted by atomic mass is 32.1. The highest BCUT2D eigenvalue weighted by Crippen LogP contribution is 2.29. The van der Waals surface area contributed by atoms with E-state index in [9.17, 15) is 14.0 Å². The third-order valence-electron chi connectivity index (χ3n) is 5.32. The van der Waals surface area contributed by atoms with Gasteiger partial charge in [0.25, 0.3) is 5.91 Å². The SMILES string of the molecule is C=CC(=O)Nc1cccc(-n2c(NC(=O)c3ccc(C(C)F)s3)nc3cc(CNCC)ccc32)c1. The number of aromatic nitrogens is 2. The van der Waals surface area contributed by atoms with E-state index in [-0.39, 0.29) is 11.8 Å². The molecule has 1 atom stereocenters. The molecule has 3 N–H and O–H groups in total. The molecule has 0 aliphatic carbocycles. The second-order valence-electron chi connectivity index (χ2n) is 7.89. The largest absolute Gasteiger partial charge is 0.322 e. The van der Waals surface area contributed by atoms with Crippen LogP contribution in [0.25, 0.3) is 16.7 Å². The molecule has 35 heavy (non-hydrogen) atoms. The summed E-state index contributed by atoms with van der Waals surface area (Å²) >= 11 is 1.11. The number of nitrogens with one attached hydrogen (secondary N) is 3. The Morgan fingerprint density at radius 1 is 1.17 bits per heavy atom. The Labute approximate surface area is 206 Å². The molecule has 7 nitrogen and oxygen atoms in total. The third-order valence-corrected chi connectivity index (χ3v) is 6.56. The smallest absolute Gasteiger partial charge is 0.268 e. The van der Waals surface area contributed by atoms with Gasteiger partial charge in [0.1, 0.15) is 6.17 Å². The van der Waals surface area contributed by atoms with Gasteiger partial charge in [-0.3, -0.25) is 19.5 Å². The van der Waals surface area contributed by atoms with Gasteiger partial charge in [0.05, 0.1) is 21.6 Å². The van der Waals surface area contributed by atoms with Crippen LogP contribution in [0.5, 0.6) is 0 Å². The molecular formula is C26H26FN5O2S. The number of alkyl halides is 1. The number of hydrogen-bond donors (Lipinski definition) is 3. The molecule has 0 aliphatic rings. The zero-order valence-corrected chi connectivity index (χ0v) is 20.3. The lowest BCUT2D eigenvalue weighted by Gasteiger charge is -2.12. The van der Waals surface area contributed by atoms with Gasteiger partial charge in [0.15, 0.2) is 0 Å². The number of anilines is 2. The van der Waals surface area contributed by atoms with Gasteiger partial charge in [0, 0.05) is 17.1 Å². The van der Waals surface area contributed by atoms with Gasteiger partial charge >= 0.3 is 0 Å². The van der Waals surface area contributed by atoms with E-state index in [1.165, 1.54) is 13.0 Å². The van der Waals surface area contributed by atoms with E-state index in [4.69, 9.17) is 4.98 Å². The second kappa shape index (κ2) is 10.6. The Balaban J connectivity index is 1.77. The average Bonchev–Trinajstić information content (AvgIpc) is 3.48. The Bertz CT molecular complexity index is 1390. The lowest BCUT2D eigenvalue weighted by molar-refractivity contribution is -0.111. The summed E-state index contributed by atoms with van der Waals surface area (Å²) in [6.45, 7) is 8.51. The summed E-state index contributed by atoms with van der Waals surface area (Å²) in [6.07, 6.45) is 0.0551. The van der Waals surface area contributed by atoms with Crippen molar-refractivity contribution in [1.82, 2.24) is 14.9 Å². The fraction of sp³-hybridized carbons (Fsp3) is 0.192. The summed E-state index contributed by atoms with van der Waals surface area (Å²) in [5, 5.41) is 8.93. The van der Waals surface area contributed by atoms with Crippen molar-refractivity contribution in [2.45, 2.75) is 26.6 Å². The van der Waals surface area contributed by atoms with Crippen LogP contribution in [-0.4, -0.2) is 27.9 Å². The number of thiophene rings is 1. The molecule has 0 spiro atoms. The third kappa shape index (κ3) is 5.47. The van der Waals surface area contributed by atoms with Crippen LogP contribution in [0, 0.1) is 0 Å². The van der Waals surface area contributed by atoms with Crippen LogP contribution in [0.1, 0.15) is 40.1 Å². The van der Waals surface area contributed by atoms with E-state index in [1.54, 1.807) is 30.3 Å². The molecule has 4 aromatic rings. The predicted molar refractivity (Wildman–Crippen MR) is 139 cm³/mol. The fourth-order valence-electron chi connectivity index (χ4n) is 3.62. The lowest BCUT2D eigenvalue weighted by Crippen LogP contribution is -2.14. The highest BCUT2D eigenvalue weighted by molar-refractivity contribution is 7.14. The first-order valence-electron chi connectivity index (χ1n) is 11.2. The predicted octanol–water partition coefficient (Wildman–Crippen LogP) is 5.60. The van der Waals surface area contributed by atoms with Gasteiger partial charge in [-0.05, 0) is 67.6 Å². The first-order valence-corrected chi connectivity index (χ1v) is 12.0. The Kier molecular flexibility index (Phi) is 7.38. The van der Waals surface area contributed by atoms with Crippen molar-refractivity contribution < 1.29 is 14.0 Å². The number of rotatable bonds is 9. The minimum atomic E-state index is -1.14. The van der Waals surface area contributed by atoms with E-state index in [1.807, 2.05) is 35.8 Å². The summed E-state index contributed by atoms with van der Waals surface area (Å²) in [4.78, 5) is 30.4. The average molecular weight is 492 g/mol. The first kappa shape index (κ1) is 24.3. The van der Waals surface area contributed by atoms with Crippen LogP contribution in [-0.2, 0) is 11.3 Å². The summed E-state index contributed by atoms with van der Waals surface area (Å²) in [6, 6.07) is 16.4. The van der Waals surface area contributed by atoms with Crippen LogP contribution < -0.4 is 16.0 Å². The number of carbonyl (C=O) groups is 2. The molecule has 180 valence electrons. The van der Waals surface area contributed by atoms with Gasteiger partial charge in [-0.25, -0.2) is 9.37 Å². The molecule has 2 aromatic heterocycles. The van der Waals surface area contributed by atoms with E-state index >= 15 is 0 Å². The maximum atomic E-state index is 13.7. The van der Waals surface area contributed by atoms with Crippen molar-refractivity contribution in [2.75, 3.05) is 17.2 Å². The van der Waals surface area contributed by atoms with Crippen molar-refractivity contribution in [3.05, 3.63) is 82.6 Å². The van der Waals surface area contributed by atoms with Crippen molar-refractivity contribution in [3.63, 3.8) is 0 Å². The van der Waals surface area contributed by atoms with Crippen LogP contribution in [0.4, 0.5) is 16.0 Å². The molecule has 0 bridgehead atoms. The van der Waals surface area contributed by atoms with Gasteiger partial charge < -0.3 is 10.6 Å². The van der Waals surface area contributed by atoms with Gasteiger partial charge in [-0.15, -0.1) is 11.3 Å². The van der Waals surface area contributed by atoms with Crippen LogP contribution in [0.15, 0.2) is 67.3 Å².